The Hall–Kier alpha value is 0.730. The third-order valence-electron chi connectivity index (χ3n) is 3.71. The molecular formula is C13H27BrClN. The van der Waals surface area contributed by atoms with Crippen LogP contribution < -0.4 is 5.32 Å². The van der Waals surface area contributed by atoms with Gasteiger partial charge in [-0.25, -0.2) is 0 Å². The fourth-order valence-corrected chi connectivity index (χ4v) is 3.11. The average Bonchev–Trinajstić information content (AvgIpc) is 2.27. The highest BCUT2D eigenvalue weighted by Crippen LogP contribution is 2.31. The van der Waals surface area contributed by atoms with E-state index in [0.29, 0.717) is 0 Å². The smallest absolute Gasteiger partial charge is 0.00313 e. The standard InChI is InChI=1S/C13H26BrN.ClH/c1-15-11-13-8-6-12(7-9-13)5-3-2-4-10-14;/h12-13,15H,2-11H2,1H3;1H. The summed E-state index contributed by atoms with van der Waals surface area (Å²) in [5, 5.41) is 4.49. The molecule has 0 aromatic heterocycles. The Morgan fingerprint density at radius 3 is 2.19 bits per heavy atom. The predicted octanol–water partition coefficient (Wildman–Crippen LogP) is 4.39. The zero-order valence-corrected chi connectivity index (χ0v) is 12.9. The largest absolute Gasteiger partial charge is 0.319 e. The third-order valence-corrected chi connectivity index (χ3v) is 4.27. The van der Waals surface area contributed by atoms with Crippen LogP contribution in [0.5, 0.6) is 0 Å². The summed E-state index contributed by atoms with van der Waals surface area (Å²) >= 11 is 3.49. The van der Waals surface area contributed by atoms with Crippen LogP contribution in [-0.2, 0) is 0 Å². The number of nitrogens with one attached hydrogen (secondary N) is 1. The Bertz CT molecular complexity index is 144. The lowest BCUT2D eigenvalue weighted by Crippen LogP contribution is -2.23. The monoisotopic (exact) mass is 311 g/mol. The summed E-state index contributed by atoms with van der Waals surface area (Å²) in [7, 11) is 2.08. The Morgan fingerprint density at radius 2 is 1.62 bits per heavy atom. The van der Waals surface area contributed by atoms with Crippen molar-refractivity contribution >= 4 is 28.3 Å². The van der Waals surface area contributed by atoms with E-state index in [1.54, 1.807) is 0 Å². The molecule has 0 aromatic rings. The van der Waals surface area contributed by atoms with Crippen LogP contribution in [0.25, 0.3) is 0 Å². The molecule has 1 aliphatic carbocycles. The summed E-state index contributed by atoms with van der Waals surface area (Å²) in [5.41, 5.74) is 0. The molecular weight excluding hydrogens is 286 g/mol. The van der Waals surface area contributed by atoms with Gasteiger partial charge in [0, 0.05) is 5.33 Å². The molecule has 0 amide bonds. The topological polar surface area (TPSA) is 12.0 Å². The molecule has 16 heavy (non-hydrogen) atoms. The van der Waals surface area contributed by atoms with E-state index in [9.17, 15) is 0 Å². The van der Waals surface area contributed by atoms with Crippen LogP contribution in [0.3, 0.4) is 0 Å². The van der Waals surface area contributed by atoms with E-state index < -0.39 is 0 Å². The van der Waals surface area contributed by atoms with Crippen molar-refractivity contribution in [3.63, 3.8) is 0 Å². The van der Waals surface area contributed by atoms with E-state index in [4.69, 9.17) is 0 Å². The van der Waals surface area contributed by atoms with Crippen molar-refractivity contribution in [1.29, 1.82) is 0 Å². The molecule has 1 rings (SSSR count). The minimum Gasteiger partial charge on any atom is -0.319 e. The predicted molar refractivity (Wildman–Crippen MR) is 78.9 cm³/mol. The van der Waals surface area contributed by atoms with Gasteiger partial charge in [0.15, 0.2) is 0 Å². The van der Waals surface area contributed by atoms with Gasteiger partial charge in [-0.2, -0.15) is 0 Å². The summed E-state index contributed by atoms with van der Waals surface area (Å²) in [6, 6.07) is 0. The van der Waals surface area contributed by atoms with Gasteiger partial charge in [-0.3, -0.25) is 0 Å². The Balaban J connectivity index is 0.00000225. The summed E-state index contributed by atoms with van der Waals surface area (Å²) in [5.74, 6) is 2.02. The summed E-state index contributed by atoms with van der Waals surface area (Å²) < 4.78 is 0. The van der Waals surface area contributed by atoms with Gasteiger partial charge in [0.1, 0.15) is 0 Å². The van der Waals surface area contributed by atoms with E-state index >= 15 is 0 Å². The second-order valence-electron chi connectivity index (χ2n) is 4.98. The number of halogens is 2. The molecule has 1 aliphatic rings. The highest BCUT2D eigenvalue weighted by Gasteiger charge is 2.19. The fraction of sp³-hybridized carbons (Fsp3) is 1.00. The first kappa shape index (κ1) is 16.7. The van der Waals surface area contributed by atoms with Crippen molar-refractivity contribution in [2.45, 2.75) is 51.4 Å². The maximum Gasteiger partial charge on any atom is 0.00313 e. The molecule has 0 bridgehead atoms. The Labute approximate surface area is 116 Å². The van der Waals surface area contributed by atoms with Gasteiger partial charge in [0.05, 0.1) is 0 Å². The lowest BCUT2D eigenvalue weighted by atomic mass is 9.80. The Morgan fingerprint density at radius 1 is 1.00 bits per heavy atom. The minimum atomic E-state index is 0. The first-order valence-corrected chi connectivity index (χ1v) is 7.69. The molecule has 0 heterocycles. The number of hydrogen-bond donors (Lipinski definition) is 1. The van der Waals surface area contributed by atoms with Gasteiger partial charge in [0.25, 0.3) is 0 Å². The first-order valence-electron chi connectivity index (χ1n) is 6.57. The maximum absolute atomic E-state index is 3.49. The van der Waals surface area contributed by atoms with E-state index in [2.05, 4.69) is 28.3 Å². The molecule has 0 atom stereocenters. The van der Waals surface area contributed by atoms with Gasteiger partial charge in [-0.1, -0.05) is 48.0 Å². The molecule has 0 radical (unpaired) electrons. The van der Waals surface area contributed by atoms with Gasteiger partial charge >= 0.3 is 0 Å². The number of alkyl halides is 1. The SMILES string of the molecule is CNCC1CCC(CCCCCBr)CC1.Cl. The third kappa shape index (κ3) is 7.13. The number of hydrogen-bond acceptors (Lipinski definition) is 1. The van der Waals surface area contributed by atoms with Crippen LogP contribution in [-0.4, -0.2) is 18.9 Å². The van der Waals surface area contributed by atoms with Crippen molar-refractivity contribution < 1.29 is 0 Å². The average molecular weight is 313 g/mol. The maximum atomic E-state index is 3.49. The zero-order valence-electron chi connectivity index (χ0n) is 10.5. The van der Waals surface area contributed by atoms with Crippen LogP contribution in [0.15, 0.2) is 0 Å². The second-order valence-corrected chi connectivity index (χ2v) is 5.78. The molecule has 3 heteroatoms. The summed E-state index contributed by atoms with van der Waals surface area (Å²) in [6.45, 7) is 1.23. The van der Waals surface area contributed by atoms with Gasteiger partial charge in [-0.15, -0.1) is 12.4 Å². The van der Waals surface area contributed by atoms with Gasteiger partial charge in [-0.05, 0) is 44.7 Å². The fourth-order valence-electron chi connectivity index (χ4n) is 2.72. The molecule has 1 N–H and O–H groups in total. The molecule has 1 nitrogen and oxygen atoms in total. The van der Waals surface area contributed by atoms with Crippen LogP contribution in [0.1, 0.15) is 51.4 Å². The molecule has 0 aromatic carbocycles. The lowest BCUT2D eigenvalue weighted by molar-refractivity contribution is 0.256. The molecule has 1 fully saturated rings. The molecule has 0 unspecified atom stereocenters. The van der Waals surface area contributed by atoms with Crippen molar-refractivity contribution in [1.82, 2.24) is 5.32 Å². The zero-order chi connectivity index (χ0) is 10.9. The number of unbranched alkanes of at least 4 members (excludes halogenated alkanes) is 2. The molecule has 0 saturated heterocycles. The van der Waals surface area contributed by atoms with Gasteiger partial charge in [0.2, 0.25) is 0 Å². The van der Waals surface area contributed by atoms with E-state index in [-0.39, 0.29) is 12.4 Å². The molecule has 0 spiro atoms. The lowest BCUT2D eigenvalue weighted by Gasteiger charge is -2.28. The minimum absolute atomic E-state index is 0. The molecule has 0 aliphatic heterocycles. The van der Waals surface area contributed by atoms with Crippen LogP contribution in [0, 0.1) is 11.8 Å². The van der Waals surface area contributed by atoms with Crippen molar-refractivity contribution in [2.75, 3.05) is 18.9 Å². The van der Waals surface area contributed by atoms with E-state index in [1.165, 1.54) is 63.2 Å². The van der Waals surface area contributed by atoms with Gasteiger partial charge < -0.3 is 5.32 Å². The second kappa shape index (κ2) is 10.9. The van der Waals surface area contributed by atoms with Crippen molar-refractivity contribution in [3.05, 3.63) is 0 Å². The summed E-state index contributed by atoms with van der Waals surface area (Å²) in [4.78, 5) is 0. The quantitative estimate of drug-likeness (QED) is 0.543. The van der Waals surface area contributed by atoms with Crippen LogP contribution in [0.2, 0.25) is 0 Å². The normalized spacial score (nSPS) is 25.1. The highest BCUT2D eigenvalue weighted by atomic mass is 79.9. The first-order chi connectivity index (χ1) is 7.36. The van der Waals surface area contributed by atoms with Crippen molar-refractivity contribution in [3.8, 4) is 0 Å². The molecule has 1 saturated carbocycles. The van der Waals surface area contributed by atoms with E-state index in [0.717, 1.165) is 11.8 Å². The highest BCUT2D eigenvalue weighted by molar-refractivity contribution is 9.09. The van der Waals surface area contributed by atoms with E-state index in [1.807, 2.05) is 0 Å². The van der Waals surface area contributed by atoms with Crippen molar-refractivity contribution in [2.24, 2.45) is 11.8 Å². The Kier molecular flexibility index (Phi) is 11.4. The summed E-state index contributed by atoms with van der Waals surface area (Å²) in [6.07, 6.45) is 11.6. The number of rotatable bonds is 7. The van der Waals surface area contributed by atoms with Crippen LogP contribution in [0.4, 0.5) is 0 Å². The van der Waals surface area contributed by atoms with Crippen LogP contribution >= 0.6 is 28.3 Å². The molecule has 98 valence electrons.